The predicted octanol–water partition coefficient (Wildman–Crippen LogP) is 2.55. The Morgan fingerprint density at radius 1 is 0.939 bits per heavy atom. The third-order valence-corrected chi connectivity index (χ3v) is 8.30. The number of aryl methyl sites for hydroxylation is 1. The van der Waals surface area contributed by atoms with Gasteiger partial charge in [-0.25, -0.2) is 13.4 Å². The molecule has 0 bridgehead atoms. The maximum absolute atomic E-state index is 12.8. The van der Waals surface area contributed by atoms with Crippen LogP contribution in [0.15, 0.2) is 47.5 Å². The number of piperidine rings is 1. The van der Waals surface area contributed by atoms with E-state index in [4.69, 9.17) is 4.74 Å². The number of rotatable bonds is 7. The zero-order chi connectivity index (χ0) is 23.3. The molecular weight excluding hydrogens is 440 g/mol. The fourth-order valence-electron chi connectivity index (χ4n) is 4.35. The number of methoxy groups -OCH3 is 1. The SMILES string of the molecule is COc1ccc(CCC(=O)N2CCN(c3ccc(S(=O)(=O)N4CCCCC4)cn3)CC2)cc1. The molecule has 2 saturated heterocycles. The van der Waals surface area contributed by atoms with Crippen molar-refractivity contribution in [1.29, 1.82) is 0 Å². The molecule has 178 valence electrons. The van der Waals surface area contributed by atoms with Gasteiger partial charge in [0.1, 0.15) is 16.5 Å². The summed E-state index contributed by atoms with van der Waals surface area (Å²) in [5.74, 6) is 1.71. The molecule has 1 aromatic heterocycles. The Bertz CT molecular complexity index is 1030. The molecule has 1 aromatic carbocycles. The number of amides is 1. The highest BCUT2D eigenvalue weighted by atomic mass is 32.2. The quantitative estimate of drug-likeness (QED) is 0.616. The first kappa shape index (κ1) is 23.5. The first-order valence-corrected chi connectivity index (χ1v) is 13.0. The Morgan fingerprint density at radius 2 is 1.64 bits per heavy atom. The van der Waals surface area contributed by atoms with Gasteiger partial charge in [0.05, 0.1) is 7.11 Å². The van der Waals surface area contributed by atoms with Crippen molar-refractivity contribution in [3.8, 4) is 5.75 Å². The number of sulfonamides is 1. The molecule has 0 N–H and O–H groups in total. The van der Waals surface area contributed by atoms with Crippen molar-refractivity contribution in [3.63, 3.8) is 0 Å². The molecule has 2 aromatic rings. The average molecular weight is 473 g/mol. The predicted molar refractivity (Wildman–Crippen MR) is 127 cm³/mol. The maximum atomic E-state index is 12.8. The minimum atomic E-state index is -3.47. The highest BCUT2D eigenvalue weighted by Gasteiger charge is 2.27. The second kappa shape index (κ2) is 10.5. The van der Waals surface area contributed by atoms with E-state index in [-0.39, 0.29) is 10.8 Å². The molecule has 8 nitrogen and oxygen atoms in total. The van der Waals surface area contributed by atoms with Crippen LogP contribution in [-0.4, -0.2) is 74.9 Å². The highest BCUT2D eigenvalue weighted by molar-refractivity contribution is 7.89. The van der Waals surface area contributed by atoms with E-state index in [0.717, 1.165) is 36.4 Å². The van der Waals surface area contributed by atoms with Crippen LogP contribution >= 0.6 is 0 Å². The molecule has 0 spiro atoms. The summed E-state index contributed by atoms with van der Waals surface area (Å²) in [7, 11) is -1.83. The number of piperazine rings is 1. The summed E-state index contributed by atoms with van der Waals surface area (Å²) in [5.41, 5.74) is 1.12. The lowest BCUT2D eigenvalue weighted by atomic mass is 10.1. The van der Waals surface area contributed by atoms with Gasteiger partial charge in [-0.1, -0.05) is 18.6 Å². The van der Waals surface area contributed by atoms with Crippen molar-refractivity contribution in [2.24, 2.45) is 0 Å². The lowest BCUT2D eigenvalue weighted by molar-refractivity contribution is -0.131. The second-order valence-corrected chi connectivity index (χ2v) is 10.5. The number of hydrogen-bond donors (Lipinski definition) is 0. The van der Waals surface area contributed by atoms with E-state index in [2.05, 4.69) is 9.88 Å². The molecule has 4 rings (SSSR count). The largest absolute Gasteiger partial charge is 0.497 e. The van der Waals surface area contributed by atoms with Crippen LogP contribution in [0, 0.1) is 0 Å². The number of pyridine rings is 1. The monoisotopic (exact) mass is 472 g/mol. The molecule has 0 aliphatic carbocycles. The third-order valence-electron chi connectivity index (χ3n) is 6.42. The van der Waals surface area contributed by atoms with Crippen molar-refractivity contribution < 1.29 is 17.9 Å². The van der Waals surface area contributed by atoms with Gasteiger partial charge >= 0.3 is 0 Å². The molecule has 2 aliphatic heterocycles. The van der Waals surface area contributed by atoms with Crippen LogP contribution in [0.2, 0.25) is 0 Å². The van der Waals surface area contributed by atoms with E-state index >= 15 is 0 Å². The summed E-state index contributed by atoms with van der Waals surface area (Å²) in [6.45, 7) is 3.80. The highest BCUT2D eigenvalue weighted by Crippen LogP contribution is 2.22. The van der Waals surface area contributed by atoms with E-state index in [1.54, 1.807) is 23.5 Å². The van der Waals surface area contributed by atoms with Gasteiger partial charge in [0.15, 0.2) is 0 Å². The van der Waals surface area contributed by atoms with Crippen LogP contribution in [0.5, 0.6) is 5.75 Å². The Hall–Kier alpha value is -2.65. The number of ether oxygens (including phenoxy) is 1. The van der Waals surface area contributed by atoms with E-state index < -0.39 is 10.0 Å². The van der Waals surface area contributed by atoms with Crippen LogP contribution in [0.4, 0.5) is 5.82 Å². The van der Waals surface area contributed by atoms with Gasteiger partial charge in [0.2, 0.25) is 15.9 Å². The van der Waals surface area contributed by atoms with Crippen molar-refractivity contribution in [2.75, 3.05) is 51.3 Å². The summed E-state index contributed by atoms with van der Waals surface area (Å²) in [5, 5.41) is 0. The summed E-state index contributed by atoms with van der Waals surface area (Å²) in [6.07, 6.45) is 5.55. The number of nitrogens with zero attached hydrogens (tertiary/aromatic N) is 4. The van der Waals surface area contributed by atoms with Gasteiger partial charge in [-0.3, -0.25) is 4.79 Å². The first-order chi connectivity index (χ1) is 16.0. The van der Waals surface area contributed by atoms with Crippen LogP contribution in [0.25, 0.3) is 0 Å². The molecule has 2 fully saturated rings. The van der Waals surface area contributed by atoms with Crippen LogP contribution in [0.1, 0.15) is 31.2 Å². The molecular formula is C24H32N4O4S. The summed E-state index contributed by atoms with van der Waals surface area (Å²) in [6, 6.07) is 11.2. The van der Waals surface area contributed by atoms with Gasteiger partial charge in [0, 0.05) is 51.9 Å². The van der Waals surface area contributed by atoms with Crippen molar-refractivity contribution in [3.05, 3.63) is 48.2 Å². The van der Waals surface area contributed by atoms with Gasteiger partial charge < -0.3 is 14.5 Å². The summed E-state index contributed by atoms with van der Waals surface area (Å²) < 4.78 is 32.4. The minimum absolute atomic E-state index is 0.154. The average Bonchev–Trinajstić information content (AvgIpc) is 2.88. The van der Waals surface area contributed by atoms with Gasteiger partial charge in [0.25, 0.3) is 0 Å². The molecule has 0 radical (unpaired) electrons. The van der Waals surface area contributed by atoms with Gasteiger partial charge in [-0.15, -0.1) is 0 Å². The molecule has 33 heavy (non-hydrogen) atoms. The van der Waals surface area contributed by atoms with E-state index in [1.807, 2.05) is 29.2 Å². The van der Waals surface area contributed by atoms with Gasteiger partial charge in [-0.2, -0.15) is 4.31 Å². The van der Waals surface area contributed by atoms with E-state index in [9.17, 15) is 13.2 Å². The summed E-state index contributed by atoms with van der Waals surface area (Å²) in [4.78, 5) is 21.3. The Morgan fingerprint density at radius 3 is 2.24 bits per heavy atom. The summed E-state index contributed by atoms with van der Waals surface area (Å²) >= 11 is 0. The Labute approximate surface area is 196 Å². The lowest BCUT2D eigenvalue weighted by Crippen LogP contribution is -2.49. The van der Waals surface area contributed by atoms with Crippen molar-refractivity contribution >= 4 is 21.7 Å². The number of carbonyl (C=O) groups is 1. The van der Waals surface area contributed by atoms with E-state index in [0.29, 0.717) is 52.1 Å². The smallest absolute Gasteiger partial charge is 0.244 e. The molecule has 2 aliphatic rings. The van der Waals surface area contributed by atoms with Crippen LogP contribution in [-0.2, 0) is 21.2 Å². The van der Waals surface area contributed by atoms with Crippen molar-refractivity contribution in [2.45, 2.75) is 37.0 Å². The fourth-order valence-corrected chi connectivity index (χ4v) is 5.82. The molecule has 0 saturated carbocycles. The lowest BCUT2D eigenvalue weighted by Gasteiger charge is -2.35. The molecule has 1 amide bonds. The van der Waals surface area contributed by atoms with Crippen LogP contribution in [0.3, 0.4) is 0 Å². The Kier molecular flexibility index (Phi) is 7.49. The molecule has 3 heterocycles. The number of hydrogen-bond acceptors (Lipinski definition) is 6. The number of aromatic nitrogens is 1. The number of carbonyl (C=O) groups excluding carboxylic acids is 1. The zero-order valence-electron chi connectivity index (χ0n) is 19.1. The maximum Gasteiger partial charge on any atom is 0.244 e. The standard InChI is InChI=1S/C24H32N4O4S/c1-32-21-8-5-20(6-9-21)7-12-24(29)27-17-15-26(16-18-27)23-11-10-22(19-25-23)33(30,31)28-13-3-2-4-14-28/h5-6,8-11,19H,2-4,7,12-18H2,1H3. The first-order valence-electron chi connectivity index (χ1n) is 11.6. The Balaban J connectivity index is 1.28. The zero-order valence-corrected chi connectivity index (χ0v) is 20.0. The van der Waals surface area contributed by atoms with E-state index in [1.165, 1.54) is 6.20 Å². The molecule has 9 heteroatoms. The van der Waals surface area contributed by atoms with Crippen LogP contribution < -0.4 is 9.64 Å². The number of benzene rings is 1. The van der Waals surface area contributed by atoms with Crippen molar-refractivity contribution in [1.82, 2.24) is 14.2 Å². The number of anilines is 1. The topological polar surface area (TPSA) is 83.0 Å². The fraction of sp³-hybridized carbons (Fsp3) is 0.500. The van der Waals surface area contributed by atoms with Gasteiger partial charge in [-0.05, 0) is 49.1 Å². The normalized spacial score (nSPS) is 17.7. The minimum Gasteiger partial charge on any atom is -0.497 e. The molecule has 0 unspecified atom stereocenters. The third kappa shape index (κ3) is 5.65. The molecule has 0 atom stereocenters. The second-order valence-electron chi connectivity index (χ2n) is 8.53.